The van der Waals surface area contributed by atoms with Crippen LogP contribution in [0.3, 0.4) is 0 Å². The summed E-state index contributed by atoms with van der Waals surface area (Å²) in [5, 5.41) is 3.30. The predicted octanol–water partition coefficient (Wildman–Crippen LogP) is 3.49. The Balaban J connectivity index is 2.86. The average Bonchev–Trinajstić information content (AvgIpc) is 2.35. The molecule has 0 aliphatic heterocycles. The maximum Gasteiger partial charge on any atom is 0.0731 e. The van der Waals surface area contributed by atoms with E-state index in [9.17, 15) is 0 Å². The fraction of sp³-hybridized carbons (Fsp3) is 0.556. The molecule has 0 saturated heterocycles. The van der Waals surface area contributed by atoms with Crippen molar-refractivity contribution in [1.29, 1.82) is 0 Å². The zero-order valence-electron chi connectivity index (χ0n) is 7.65. The number of hydrogen-bond acceptors (Lipinski definition) is 2. The summed E-state index contributed by atoms with van der Waals surface area (Å²) in [6.07, 6.45) is 1.14. The zero-order chi connectivity index (χ0) is 9.14. The van der Waals surface area contributed by atoms with Gasteiger partial charge in [-0.15, -0.1) is 11.3 Å². The van der Waals surface area contributed by atoms with E-state index in [0.717, 1.165) is 6.42 Å². The second-order valence-corrected chi connectivity index (χ2v) is 5.26. The lowest BCUT2D eigenvalue weighted by atomic mass is 10.2. The number of nitrogens with one attached hydrogen (secondary N) is 1. The third-order valence-electron chi connectivity index (χ3n) is 1.98. The first-order valence-corrected chi connectivity index (χ1v) is 5.73. The van der Waals surface area contributed by atoms with Gasteiger partial charge in [0.2, 0.25) is 0 Å². The van der Waals surface area contributed by atoms with Gasteiger partial charge in [0, 0.05) is 10.9 Å². The van der Waals surface area contributed by atoms with Crippen molar-refractivity contribution in [3.63, 3.8) is 0 Å². The number of thiophene rings is 1. The largest absolute Gasteiger partial charge is 0.312 e. The lowest BCUT2D eigenvalue weighted by Gasteiger charge is -2.10. The topological polar surface area (TPSA) is 12.0 Å². The van der Waals surface area contributed by atoms with Gasteiger partial charge in [-0.1, -0.05) is 6.92 Å². The number of aryl methyl sites for hydroxylation is 1. The van der Waals surface area contributed by atoms with Crippen LogP contribution in [0.1, 0.15) is 29.8 Å². The van der Waals surface area contributed by atoms with Gasteiger partial charge in [0.15, 0.2) is 0 Å². The van der Waals surface area contributed by atoms with E-state index >= 15 is 0 Å². The average molecular weight is 248 g/mol. The molecule has 0 saturated carbocycles. The molecule has 1 rings (SSSR count). The molecular weight excluding hydrogens is 234 g/mol. The van der Waals surface area contributed by atoms with Crippen LogP contribution in [0, 0.1) is 6.92 Å². The molecule has 0 bridgehead atoms. The Bertz CT molecular complexity index is 234. The Kier molecular flexibility index (Phi) is 3.75. The van der Waals surface area contributed by atoms with E-state index < -0.39 is 0 Å². The van der Waals surface area contributed by atoms with Crippen LogP contribution in [0.2, 0.25) is 0 Å². The van der Waals surface area contributed by atoms with E-state index in [1.165, 1.54) is 14.2 Å². The molecule has 3 heteroatoms. The van der Waals surface area contributed by atoms with E-state index in [4.69, 9.17) is 0 Å². The first kappa shape index (κ1) is 10.2. The monoisotopic (exact) mass is 247 g/mol. The minimum atomic E-state index is 0.514. The van der Waals surface area contributed by atoms with Gasteiger partial charge in [-0.05, 0) is 48.0 Å². The summed E-state index contributed by atoms with van der Waals surface area (Å²) in [7, 11) is 2.01. The van der Waals surface area contributed by atoms with Crippen molar-refractivity contribution in [2.75, 3.05) is 7.05 Å². The summed E-state index contributed by atoms with van der Waals surface area (Å²) in [4.78, 5) is 1.42. The van der Waals surface area contributed by atoms with E-state index in [1.54, 1.807) is 0 Å². The van der Waals surface area contributed by atoms with Gasteiger partial charge in [-0.3, -0.25) is 0 Å². The summed E-state index contributed by atoms with van der Waals surface area (Å²) in [6.45, 7) is 4.33. The van der Waals surface area contributed by atoms with Gasteiger partial charge in [0.05, 0.1) is 3.79 Å². The van der Waals surface area contributed by atoms with Crippen molar-refractivity contribution in [1.82, 2.24) is 5.32 Å². The first-order chi connectivity index (χ1) is 5.69. The molecule has 1 unspecified atom stereocenters. The normalized spacial score (nSPS) is 13.3. The van der Waals surface area contributed by atoms with Crippen LogP contribution in [0.5, 0.6) is 0 Å². The van der Waals surface area contributed by atoms with Crippen LogP contribution in [-0.2, 0) is 0 Å². The smallest absolute Gasteiger partial charge is 0.0731 e. The van der Waals surface area contributed by atoms with Gasteiger partial charge >= 0.3 is 0 Å². The maximum absolute atomic E-state index is 3.53. The Morgan fingerprint density at radius 2 is 2.33 bits per heavy atom. The molecule has 0 aromatic carbocycles. The van der Waals surface area contributed by atoms with Crippen molar-refractivity contribution >= 4 is 27.3 Å². The Hall–Kier alpha value is 0.140. The Labute approximate surface area is 86.3 Å². The lowest BCUT2D eigenvalue weighted by Crippen LogP contribution is -2.13. The maximum atomic E-state index is 3.53. The van der Waals surface area contributed by atoms with Gasteiger partial charge < -0.3 is 5.32 Å². The number of rotatable bonds is 3. The zero-order valence-corrected chi connectivity index (χ0v) is 10.1. The van der Waals surface area contributed by atoms with Gasteiger partial charge in [-0.2, -0.15) is 0 Å². The highest BCUT2D eigenvalue weighted by molar-refractivity contribution is 9.11. The standard InChI is InChI=1S/C9H14BrNS/c1-4-7(11-3)8-5-6(2)9(10)12-8/h5,7,11H,4H2,1-3H3. The van der Waals surface area contributed by atoms with E-state index in [2.05, 4.69) is 41.2 Å². The summed E-state index contributed by atoms with van der Waals surface area (Å²) in [5.41, 5.74) is 1.34. The molecule has 0 aliphatic rings. The van der Waals surface area contributed by atoms with Crippen molar-refractivity contribution in [3.8, 4) is 0 Å². The molecule has 1 aromatic rings. The fourth-order valence-electron chi connectivity index (χ4n) is 1.20. The highest BCUT2D eigenvalue weighted by Crippen LogP contribution is 2.32. The van der Waals surface area contributed by atoms with Crippen LogP contribution >= 0.6 is 27.3 Å². The third kappa shape index (κ3) is 2.09. The molecule has 1 atom stereocenters. The van der Waals surface area contributed by atoms with E-state index in [0.29, 0.717) is 6.04 Å². The van der Waals surface area contributed by atoms with E-state index in [1.807, 2.05) is 18.4 Å². The fourth-order valence-corrected chi connectivity index (χ4v) is 2.97. The van der Waals surface area contributed by atoms with Crippen LogP contribution in [0.15, 0.2) is 9.85 Å². The van der Waals surface area contributed by atoms with Crippen LogP contribution in [0.4, 0.5) is 0 Å². The van der Waals surface area contributed by atoms with Crippen LogP contribution in [0.25, 0.3) is 0 Å². The van der Waals surface area contributed by atoms with Crippen molar-refractivity contribution in [2.24, 2.45) is 0 Å². The SMILES string of the molecule is CCC(NC)c1cc(C)c(Br)s1. The van der Waals surface area contributed by atoms with Crippen molar-refractivity contribution in [2.45, 2.75) is 26.3 Å². The van der Waals surface area contributed by atoms with Crippen molar-refractivity contribution < 1.29 is 0 Å². The second-order valence-electron chi connectivity index (χ2n) is 2.85. The molecule has 1 nitrogen and oxygen atoms in total. The minimum absolute atomic E-state index is 0.514. The highest BCUT2D eigenvalue weighted by Gasteiger charge is 2.10. The van der Waals surface area contributed by atoms with E-state index in [-0.39, 0.29) is 0 Å². The molecule has 0 fully saturated rings. The predicted molar refractivity (Wildman–Crippen MR) is 58.8 cm³/mol. The second kappa shape index (κ2) is 4.40. The van der Waals surface area contributed by atoms with Crippen molar-refractivity contribution in [3.05, 3.63) is 20.3 Å². The molecule has 0 amide bonds. The Morgan fingerprint density at radius 3 is 2.67 bits per heavy atom. The molecule has 68 valence electrons. The first-order valence-electron chi connectivity index (χ1n) is 4.12. The summed E-state index contributed by atoms with van der Waals surface area (Å²) < 4.78 is 1.26. The molecule has 0 spiro atoms. The van der Waals surface area contributed by atoms with Crippen LogP contribution in [-0.4, -0.2) is 7.05 Å². The number of hydrogen-bond donors (Lipinski definition) is 1. The van der Waals surface area contributed by atoms with Crippen LogP contribution < -0.4 is 5.32 Å². The molecule has 12 heavy (non-hydrogen) atoms. The van der Waals surface area contributed by atoms with Gasteiger partial charge in [-0.25, -0.2) is 0 Å². The number of halogens is 1. The molecule has 0 aliphatic carbocycles. The Morgan fingerprint density at radius 1 is 1.67 bits per heavy atom. The van der Waals surface area contributed by atoms with Gasteiger partial charge in [0.25, 0.3) is 0 Å². The quantitative estimate of drug-likeness (QED) is 0.863. The molecule has 0 radical (unpaired) electrons. The highest BCUT2D eigenvalue weighted by atomic mass is 79.9. The van der Waals surface area contributed by atoms with Gasteiger partial charge in [0.1, 0.15) is 0 Å². The molecule has 1 aromatic heterocycles. The third-order valence-corrected chi connectivity index (χ3v) is 4.23. The lowest BCUT2D eigenvalue weighted by molar-refractivity contribution is 0.586. The molecule has 1 N–H and O–H groups in total. The summed E-state index contributed by atoms with van der Waals surface area (Å²) in [5.74, 6) is 0. The molecular formula is C9H14BrNS. The summed E-state index contributed by atoms with van der Waals surface area (Å²) in [6, 6.07) is 2.76. The minimum Gasteiger partial charge on any atom is -0.312 e. The molecule has 1 heterocycles. The summed E-state index contributed by atoms with van der Waals surface area (Å²) >= 11 is 5.36.